The number of carbonyl (C=O) groups is 2. The summed E-state index contributed by atoms with van der Waals surface area (Å²) < 4.78 is 5.59. The highest BCUT2D eigenvalue weighted by atomic mass is 16.4. The zero-order valence-corrected chi connectivity index (χ0v) is 13.8. The van der Waals surface area contributed by atoms with Crippen LogP contribution in [0, 0.1) is 30.6 Å². The summed E-state index contributed by atoms with van der Waals surface area (Å²) in [5, 5.41) is 12.3. The van der Waals surface area contributed by atoms with Crippen LogP contribution in [0.25, 0.3) is 11.3 Å². The van der Waals surface area contributed by atoms with Crippen molar-refractivity contribution in [2.75, 3.05) is 5.32 Å². The van der Waals surface area contributed by atoms with E-state index in [-0.39, 0.29) is 17.7 Å². The summed E-state index contributed by atoms with van der Waals surface area (Å²) in [6, 6.07) is 11.2. The highest BCUT2D eigenvalue weighted by Crippen LogP contribution is 2.48. The Morgan fingerprint density at radius 3 is 2.32 bits per heavy atom. The average Bonchev–Trinajstić information content (AvgIpc) is 3.30. The second-order valence-electron chi connectivity index (χ2n) is 6.82. The number of amides is 1. The molecule has 25 heavy (non-hydrogen) atoms. The molecule has 0 aliphatic heterocycles. The van der Waals surface area contributed by atoms with Gasteiger partial charge >= 0.3 is 5.97 Å². The Morgan fingerprint density at radius 1 is 1.04 bits per heavy atom. The molecule has 2 aliphatic rings. The van der Waals surface area contributed by atoms with Crippen molar-refractivity contribution in [3.8, 4) is 11.3 Å². The summed E-state index contributed by atoms with van der Waals surface area (Å²) >= 11 is 0. The van der Waals surface area contributed by atoms with E-state index in [1.54, 1.807) is 0 Å². The molecule has 1 fully saturated rings. The molecule has 4 atom stereocenters. The van der Waals surface area contributed by atoms with Gasteiger partial charge in [0.25, 0.3) is 0 Å². The highest BCUT2D eigenvalue weighted by molar-refractivity contribution is 5.96. The van der Waals surface area contributed by atoms with Gasteiger partial charge in [-0.05, 0) is 61.6 Å². The first-order valence-electron chi connectivity index (χ1n) is 8.42. The van der Waals surface area contributed by atoms with Crippen LogP contribution < -0.4 is 5.32 Å². The number of furan rings is 1. The predicted octanol–water partition coefficient (Wildman–Crippen LogP) is 3.72. The molecule has 2 N–H and O–H groups in total. The highest BCUT2D eigenvalue weighted by Gasteiger charge is 2.51. The van der Waals surface area contributed by atoms with Crippen molar-refractivity contribution in [1.82, 2.24) is 0 Å². The fraction of sp³-hybridized carbons (Fsp3) is 0.300. The molecule has 2 aliphatic carbocycles. The predicted molar refractivity (Wildman–Crippen MR) is 92.9 cm³/mol. The van der Waals surface area contributed by atoms with Crippen LogP contribution in [-0.4, -0.2) is 17.0 Å². The lowest BCUT2D eigenvalue weighted by Gasteiger charge is -2.23. The smallest absolute Gasteiger partial charge is 0.307 e. The van der Waals surface area contributed by atoms with Crippen molar-refractivity contribution in [2.24, 2.45) is 23.7 Å². The van der Waals surface area contributed by atoms with Crippen LogP contribution in [0.3, 0.4) is 0 Å². The normalized spacial score (nSPS) is 26.8. The molecule has 0 saturated heterocycles. The lowest BCUT2D eigenvalue weighted by molar-refractivity contribution is -0.146. The van der Waals surface area contributed by atoms with Crippen molar-refractivity contribution in [3.63, 3.8) is 0 Å². The maximum Gasteiger partial charge on any atom is 0.307 e. The molecule has 1 amide bonds. The third-order valence-electron chi connectivity index (χ3n) is 5.22. The maximum absolute atomic E-state index is 12.7. The van der Waals surface area contributed by atoms with E-state index in [2.05, 4.69) is 5.32 Å². The monoisotopic (exact) mass is 337 g/mol. The van der Waals surface area contributed by atoms with Gasteiger partial charge in [0.15, 0.2) is 0 Å². The van der Waals surface area contributed by atoms with Crippen LogP contribution in [0.4, 0.5) is 5.69 Å². The van der Waals surface area contributed by atoms with Crippen molar-refractivity contribution >= 4 is 17.6 Å². The third-order valence-corrected chi connectivity index (χ3v) is 5.22. The number of carboxylic acids is 1. The molecule has 0 spiro atoms. The summed E-state index contributed by atoms with van der Waals surface area (Å²) in [7, 11) is 0. The van der Waals surface area contributed by atoms with Gasteiger partial charge in [-0.25, -0.2) is 0 Å². The molecule has 0 unspecified atom stereocenters. The minimum absolute atomic E-state index is 0.0245. The number of hydrogen-bond donors (Lipinski definition) is 2. The molecule has 2 aromatic rings. The number of fused-ring (bicyclic) bond motifs is 2. The van der Waals surface area contributed by atoms with Crippen molar-refractivity contribution < 1.29 is 19.1 Å². The van der Waals surface area contributed by atoms with E-state index in [4.69, 9.17) is 4.42 Å². The van der Waals surface area contributed by atoms with Crippen LogP contribution in [0.5, 0.6) is 0 Å². The molecule has 1 aromatic heterocycles. The fourth-order valence-corrected chi connectivity index (χ4v) is 4.05. The Labute approximate surface area is 145 Å². The Hall–Kier alpha value is -2.82. The van der Waals surface area contributed by atoms with E-state index in [0.29, 0.717) is 5.69 Å². The summed E-state index contributed by atoms with van der Waals surface area (Å²) in [5.74, 6) is -0.609. The van der Waals surface area contributed by atoms with Gasteiger partial charge in [-0.2, -0.15) is 0 Å². The Bertz CT molecular complexity index is 849. The minimum atomic E-state index is -0.888. The number of hydrogen-bond acceptors (Lipinski definition) is 3. The maximum atomic E-state index is 12.7. The number of aliphatic carboxylic acids is 1. The molecule has 1 aromatic carbocycles. The van der Waals surface area contributed by atoms with E-state index in [0.717, 1.165) is 23.5 Å². The van der Waals surface area contributed by atoms with Crippen LogP contribution in [0.15, 0.2) is 53.0 Å². The van der Waals surface area contributed by atoms with Crippen LogP contribution in [0.1, 0.15) is 12.2 Å². The van der Waals surface area contributed by atoms with Gasteiger partial charge in [0.05, 0.1) is 11.8 Å². The summed E-state index contributed by atoms with van der Waals surface area (Å²) in [6.45, 7) is 1.89. The van der Waals surface area contributed by atoms with Gasteiger partial charge in [-0.1, -0.05) is 12.2 Å². The largest absolute Gasteiger partial charge is 0.481 e. The quantitative estimate of drug-likeness (QED) is 0.834. The number of allylic oxidation sites excluding steroid dienone is 2. The molecule has 0 radical (unpaired) electrons. The van der Waals surface area contributed by atoms with Crippen LogP contribution in [-0.2, 0) is 9.59 Å². The van der Waals surface area contributed by atoms with Gasteiger partial charge in [0.1, 0.15) is 11.5 Å². The number of aryl methyl sites for hydroxylation is 1. The lowest BCUT2D eigenvalue weighted by Crippen LogP contribution is -2.36. The van der Waals surface area contributed by atoms with Crippen LogP contribution >= 0.6 is 0 Å². The van der Waals surface area contributed by atoms with Crippen LogP contribution in [0.2, 0.25) is 0 Å². The number of carboxylic acid groups (broad SMARTS) is 1. The Morgan fingerprint density at radius 2 is 1.72 bits per heavy atom. The van der Waals surface area contributed by atoms with Gasteiger partial charge in [-0.3, -0.25) is 9.59 Å². The van der Waals surface area contributed by atoms with E-state index in [1.807, 2.05) is 55.5 Å². The number of anilines is 1. The first-order chi connectivity index (χ1) is 12.0. The van der Waals surface area contributed by atoms with Gasteiger partial charge < -0.3 is 14.8 Å². The van der Waals surface area contributed by atoms with Gasteiger partial charge in [0.2, 0.25) is 5.91 Å². The van der Waals surface area contributed by atoms with E-state index in [9.17, 15) is 14.7 Å². The second kappa shape index (κ2) is 5.92. The molecule has 1 heterocycles. The molecule has 5 nitrogen and oxygen atoms in total. The van der Waals surface area contributed by atoms with Crippen molar-refractivity contribution in [2.45, 2.75) is 13.3 Å². The number of nitrogens with one attached hydrogen (secondary N) is 1. The molecule has 2 bridgehead atoms. The molecule has 1 saturated carbocycles. The third kappa shape index (κ3) is 2.76. The molecular formula is C20H19NO4. The number of benzene rings is 1. The first-order valence-corrected chi connectivity index (χ1v) is 8.42. The van der Waals surface area contributed by atoms with Gasteiger partial charge in [0, 0.05) is 11.3 Å². The fourth-order valence-electron chi connectivity index (χ4n) is 4.05. The molecule has 4 rings (SSSR count). The standard InChI is InChI=1S/C20H19NO4/c1-11-2-9-16(25-11)12-5-7-15(8-6-12)21-19(22)17-13-3-4-14(10-13)18(17)20(23)24/h2-9,13-14,17-18H,10H2,1H3,(H,21,22)(H,23,24)/t13-,14-,17+,18+/m0/s1. The summed E-state index contributed by atoms with van der Waals surface area (Å²) in [6.07, 6.45) is 4.68. The SMILES string of the molecule is Cc1ccc(-c2ccc(NC(=O)[C@H]3[C@H](C(=O)O)[C@H]4C=C[C@H]3C4)cc2)o1. The Kier molecular flexibility index (Phi) is 3.71. The molecule has 5 heteroatoms. The lowest BCUT2D eigenvalue weighted by atomic mass is 9.82. The molecule has 128 valence electrons. The van der Waals surface area contributed by atoms with E-state index < -0.39 is 17.8 Å². The van der Waals surface area contributed by atoms with Crippen molar-refractivity contribution in [3.05, 3.63) is 54.3 Å². The zero-order valence-electron chi connectivity index (χ0n) is 13.8. The summed E-state index contributed by atoms with van der Waals surface area (Å²) in [5.41, 5.74) is 1.59. The molecular weight excluding hydrogens is 318 g/mol. The average molecular weight is 337 g/mol. The van der Waals surface area contributed by atoms with Crippen molar-refractivity contribution in [1.29, 1.82) is 0 Å². The van der Waals surface area contributed by atoms with E-state index in [1.165, 1.54) is 0 Å². The Balaban J connectivity index is 1.49. The van der Waals surface area contributed by atoms with Gasteiger partial charge in [-0.15, -0.1) is 0 Å². The number of carbonyl (C=O) groups excluding carboxylic acids is 1. The second-order valence-corrected chi connectivity index (χ2v) is 6.82. The first kappa shape index (κ1) is 15.7. The van der Waals surface area contributed by atoms with E-state index >= 15 is 0 Å². The minimum Gasteiger partial charge on any atom is -0.481 e. The number of rotatable bonds is 4. The summed E-state index contributed by atoms with van der Waals surface area (Å²) in [4.78, 5) is 24.2. The zero-order chi connectivity index (χ0) is 17.6. The topological polar surface area (TPSA) is 79.5 Å².